The number of aromatic amines is 1. The summed E-state index contributed by atoms with van der Waals surface area (Å²) in [7, 11) is -0.893. The third-order valence-electron chi connectivity index (χ3n) is 2.50. The maximum atomic E-state index is 12.1. The lowest BCUT2D eigenvalue weighted by atomic mass is 10.3. The number of hydrogen-bond donors (Lipinski definition) is 2. The summed E-state index contributed by atoms with van der Waals surface area (Å²) in [6.45, 7) is 0. The minimum Gasteiger partial charge on any atom is -0.495 e. The Bertz CT molecular complexity index is 701. The molecule has 0 spiro atoms. The van der Waals surface area contributed by atoms with E-state index in [-0.39, 0.29) is 15.6 Å². The van der Waals surface area contributed by atoms with Crippen molar-refractivity contribution >= 4 is 27.3 Å². The van der Waals surface area contributed by atoms with Crippen molar-refractivity contribution in [2.75, 3.05) is 18.9 Å². The zero-order valence-electron chi connectivity index (χ0n) is 10.7. The first-order valence-corrected chi connectivity index (χ1v) is 7.27. The number of nitrogens with zero attached hydrogens (tertiary/aromatic N) is 1. The highest BCUT2D eigenvalue weighted by Gasteiger charge is 2.19. The molecular formula is C11H12ClN3O4S. The molecule has 0 unspecified atom stereocenters. The molecule has 0 saturated carbocycles. The lowest BCUT2D eigenvalue weighted by Crippen LogP contribution is -2.13. The van der Waals surface area contributed by atoms with Crippen LogP contribution in [0.15, 0.2) is 29.4 Å². The first-order chi connectivity index (χ1) is 9.47. The Hall–Kier alpha value is -1.93. The van der Waals surface area contributed by atoms with Crippen molar-refractivity contribution in [2.45, 2.75) is 4.90 Å². The fourth-order valence-electron chi connectivity index (χ4n) is 1.53. The van der Waals surface area contributed by atoms with Gasteiger partial charge in [-0.1, -0.05) is 11.6 Å². The number of methoxy groups -OCH3 is 2. The summed E-state index contributed by atoms with van der Waals surface area (Å²) < 4.78 is 36.7. The van der Waals surface area contributed by atoms with Gasteiger partial charge in [-0.25, -0.2) is 8.42 Å². The summed E-state index contributed by atoms with van der Waals surface area (Å²) in [6, 6.07) is 2.91. The molecule has 0 bridgehead atoms. The molecule has 0 atom stereocenters. The van der Waals surface area contributed by atoms with Gasteiger partial charge >= 0.3 is 0 Å². The number of nitrogens with one attached hydrogen (secondary N) is 2. The maximum Gasteiger partial charge on any atom is 0.265 e. The van der Waals surface area contributed by atoms with E-state index in [4.69, 9.17) is 21.1 Å². The Morgan fingerprint density at radius 3 is 2.50 bits per heavy atom. The molecule has 20 heavy (non-hydrogen) atoms. The second-order valence-electron chi connectivity index (χ2n) is 3.73. The van der Waals surface area contributed by atoms with Gasteiger partial charge in [-0.3, -0.25) is 9.82 Å². The number of anilines is 1. The number of hydrogen-bond acceptors (Lipinski definition) is 5. The van der Waals surface area contributed by atoms with Gasteiger partial charge in [-0.15, -0.1) is 0 Å². The summed E-state index contributed by atoms with van der Waals surface area (Å²) in [6.07, 6.45) is 2.46. The van der Waals surface area contributed by atoms with E-state index in [0.29, 0.717) is 11.5 Å². The zero-order valence-corrected chi connectivity index (χ0v) is 12.2. The van der Waals surface area contributed by atoms with Crippen molar-refractivity contribution in [1.82, 2.24) is 10.2 Å². The van der Waals surface area contributed by atoms with Gasteiger partial charge in [0.1, 0.15) is 16.4 Å². The van der Waals surface area contributed by atoms with E-state index in [1.54, 1.807) is 0 Å². The highest BCUT2D eigenvalue weighted by atomic mass is 35.5. The zero-order chi connectivity index (χ0) is 14.8. The van der Waals surface area contributed by atoms with Crippen LogP contribution < -0.4 is 14.2 Å². The fourth-order valence-corrected chi connectivity index (χ4v) is 2.74. The van der Waals surface area contributed by atoms with Crippen molar-refractivity contribution in [3.8, 4) is 11.5 Å². The van der Waals surface area contributed by atoms with Gasteiger partial charge in [-0.2, -0.15) is 5.10 Å². The molecule has 1 aromatic carbocycles. The van der Waals surface area contributed by atoms with Gasteiger partial charge in [0.2, 0.25) is 0 Å². The Kier molecular flexibility index (Phi) is 4.05. The smallest absolute Gasteiger partial charge is 0.265 e. The second kappa shape index (κ2) is 5.59. The van der Waals surface area contributed by atoms with E-state index in [1.807, 2.05) is 0 Å². The molecule has 0 amide bonds. The lowest BCUT2D eigenvalue weighted by molar-refractivity contribution is 0.396. The van der Waals surface area contributed by atoms with Crippen LogP contribution in [0.3, 0.4) is 0 Å². The van der Waals surface area contributed by atoms with Crippen LogP contribution in [-0.4, -0.2) is 32.8 Å². The Morgan fingerprint density at radius 1 is 1.25 bits per heavy atom. The van der Waals surface area contributed by atoms with Crippen LogP contribution in [0.1, 0.15) is 0 Å². The van der Waals surface area contributed by atoms with Gasteiger partial charge in [-0.05, 0) is 6.07 Å². The van der Waals surface area contributed by atoms with Gasteiger partial charge in [0, 0.05) is 12.3 Å². The third-order valence-corrected chi connectivity index (χ3v) is 4.13. The van der Waals surface area contributed by atoms with Gasteiger partial charge in [0.05, 0.1) is 31.1 Å². The molecule has 0 saturated heterocycles. The fraction of sp³-hybridized carbons (Fsp3) is 0.182. The van der Waals surface area contributed by atoms with E-state index in [9.17, 15) is 8.42 Å². The van der Waals surface area contributed by atoms with Gasteiger partial charge in [0.15, 0.2) is 0 Å². The number of rotatable bonds is 5. The molecule has 0 radical (unpaired) electrons. The largest absolute Gasteiger partial charge is 0.495 e. The summed E-state index contributed by atoms with van der Waals surface area (Å²) in [4.78, 5) is 0.00601. The highest BCUT2D eigenvalue weighted by Crippen LogP contribution is 2.36. The Labute approximate surface area is 120 Å². The number of aromatic nitrogens is 2. The van der Waals surface area contributed by atoms with Crippen molar-refractivity contribution in [3.63, 3.8) is 0 Å². The van der Waals surface area contributed by atoms with E-state index in [0.717, 1.165) is 0 Å². The molecule has 0 aliphatic rings. The van der Waals surface area contributed by atoms with Gasteiger partial charge < -0.3 is 9.47 Å². The number of ether oxygens (including phenoxy) is 2. The van der Waals surface area contributed by atoms with Crippen molar-refractivity contribution in [3.05, 3.63) is 29.5 Å². The first-order valence-electron chi connectivity index (χ1n) is 5.41. The highest BCUT2D eigenvalue weighted by molar-refractivity contribution is 7.92. The number of halogens is 1. The van der Waals surface area contributed by atoms with Crippen LogP contribution in [0.4, 0.5) is 5.69 Å². The normalized spacial score (nSPS) is 11.2. The summed E-state index contributed by atoms with van der Waals surface area (Å²) in [5.74, 6) is 0.674. The average Bonchev–Trinajstić information content (AvgIpc) is 2.93. The van der Waals surface area contributed by atoms with E-state index < -0.39 is 10.0 Å². The molecule has 1 heterocycles. The minimum atomic E-state index is -3.76. The minimum absolute atomic E-state index is 0.00601. The van der Waals surface area contributed by atoms with E-state index in [2.05, 4.69) is 14.9 Å². The Morgan fingerprint density at radius 2 is 1.95 bits per heavy atom. The van der Waals surface area contributed by atoms with Crippen LogP contribution in [0.25, 0.3) is 0 Å². The number of sulfonamides is 1. The summed E-state index contributed by atoms with van der Waals surface area (Å²) >= 11 is 5.98. The lowest BCUT2D eigenvalue weighted by Gasteiger charge is -2.13. The van der Waals surface area contributed by atoms with Crippen LogP contribution >= 0.6 is 11.6 Å². The van der Waals surface area contributed by atoms with Crippen molar-refractivity contribution < 1.29 is 17.9 Å². The molecule has 2 rings (SSSR count). The van der Waals surface area contributed by atoms with E-state index in [1.165, 1.54) is 38.7 Å². The van der Waals surface area contributed by atoms with Crippen LogP contribution in [-0.2, 0) is 10.0 Å². The van der Waals surface area contributed by atoms with Crippen molar-refractivity contribution in [2.24, 2.45) is 0 Å². The predicted molar refractivity (Wildman–Crippen MR) is 74.0 cm³/mol. The number of benzene rings is 1. The number of H-pyrrole nitrogens is 1. The van der Waals surface area contributed by atoms with E-state index >= 15 is 0 Å². The maximum absolute atomic E-state index is 12.1. The van der Waals surface area contributed by atoms with Crippen LogP contribution in [0.2, 0.25) is 5.02 Å². The van der Waals surface area contributed by atoms with Crippen LogP contribution in [0.5, 0.6) is 11.5 Å². The van der Waals surface area contributed by atoms with Crippen LogP contribution in [0, 0.1) is 0 Å². The molecule has 0 aliphatic carbocycles. The SMILES string of the molecule is COc1cc(OC)c(NS(=O)(=O)c2cn[nH]c2)cc1Cl. The average molecular weight is 318 g/mol. The quantitative estimate of drug-likeness (QED) is 0.878. The standard InChI is InChI=1S/C11H12ClN3O4S/c1-18-10-4-11(19-2)9(3-8(10)12)15-20(16,17)7-5-13-14-6-7/h3-6,15H,1-2H3,(H,13,14). The molecule has 1 aromatic heterocycles. The van der Waals surface area contributed by atoms with Crippen molar-refractivity contribution in [1.29, 1.82) is 0 Å². The molecular weight excluding hydrogens is 306 g/mol. The molecule has 2 aromatic rings. The van der Waals surface area contributed by atoms with Gasteiger partial charge in [0.25, 0.3) is 10.0 Å². The molecule has 0 aliphatic heterocycles. The molecule has 108 valence electrons. The Balaban J connectivity index is 2.41. The summed E-state index contributed by atoms with van der Waals surface area (Å²) in [5.41, 5.74) is 0.208. The molecule has 2 N–H and O–H groups in total. The first kappa shape index (κ1) is 14.5. The third kappa shape index (κ3) is 2.81. The topological polar surface area (TPSA) is 93.3 Å². The predicted octanol–water partition coefficient (Wildman–Crippen LogP) is 1.88. The monoisotopic (exact) mass is 317 g/mol. The second-order valence-corrected chi connectivity index (χ2v) is 5.82. The molecule has 7 nitrogen and oxygen atoms in total. The molecule has 9 heteroatoms. The molecule has 0 fully saturated rings. The summed E-state index contributed by atoms with van der Waals surface area (Å²) in [5, 5.41) is 6.29.